The third-order valence-electron chi connectivity index (χ3n) is 4.36. The summed E-state index contributed by atoms with van der Waals surface area (Å²) in [6.45, 7) is 8.50. The van der Waals surface area contributed by atoms with Gasteiger partial charge < -0.3 is 14.8 Å². The van der Waals surface area contributed by atoms with Crippen LogP contribution in [0, 0.1) is 9.49 Å². The average Bonchev–Trinajstić information content (AvgIpc) is 2.74. The number of nitrogens with one attached hydrogen (secondary N) is 2. The molecule has 0 aromatic heterocycles. The van der Waals surface area contributed by atoms with Crippen molar-refractivity contribution in [3.8, 4) is 11.5 Å². The van der Waals surface area contributed by atoms with Gasteiger partial charge in [-0.1, -0.05) is 37.6 Å². The van der Waals surface area contributed by atoms with E-state index in [2.05, 4.69) is 38.4 Å². The molecule has 1 atom stereocenters. The van der Waals surface area contributed by atoms with Crippen molar-refractivity contribution in [2.75, 3.05) is 13.2 Å². The summed E-state index contributed by atoms with van der Waals surface area (Å²) in [5.74, 6) is 0.283. The van der Waals surface area contributed by atoms with Crippen LogP contribution >= 0.6 is 34.2 Å². The Morgan fingerprint density at radius 3 is 2.47 bits per heavy atom. The number of carbonyl (C=O) groups is 2. The molecule has 0 saturated heterocycles. The monoisotopic (exact) mass is 571 g/mol. The van der Waals surface area contributed by atoms with Gasteiger partial charge in [0.15, 0.2) is 11.5 Å². The van der Waals surface area contributed by atoms with Crippen molar-refractivity contribution >= 4 is 52.2 Å². The number of carbonyl (C=O) groups excluding carboxylic acids is 2. The molecule has 0 heterocycles. The number of halogens is 2. The van der Waals surface area contributed by atoms with E-state index in [9.17, 15) is 9.59 Å². The van der Waals surface area contributed by atoms with E-state index in [-0.39, 0.29) is 5.92 Å². The van der Waals surface area contributed by atoms with Gasteiger partial charge in [0.2, 0.25) is 0 Å². The Morgan fingerprint density at radius 1 is 1.16 bits per heavy atom. The Morgan fingerprint density at radius 2 is 1.84 bits per heavy atom. The second-order valence-corrected chi connectivity index (χ2v) is 8.67. The predicted octanol–water partition coefficient (Wildman–Crippen LogP) is 4.65. The molecule has 2 aromatic rings. The fourth-order valence-electron chi connectivity index (χ4n) is 2.85. The molecule has 2 rings (SSSR count). The first-order valence-corrected chi connectivity index (χ1v) is 11.7. The molecule has 0 saturated carbocycles. The minimum absolute atomic E-state index is 0.160. The zero-order valence-corrected chi connectivity index (χ0v) is 21.4. The van der Waals surface area contributed by atoms with Gasteiger partial charge in [0.05, 0.1) is 33.6 Å². The highest BCUT2D eigenvalue weighted by Crippen LogP contribution is 2.33. The molecule has 0 bridgehead atoms. The number of rotatable bonds is 10. The van der Waals surface area contributed by atoms with Gasteiger partial charge in [-0.3, -0.25) is 9.59 Å². The molecular formula is C23H27ClIN3O4. The summed E-state index contributed by atoms with van der Waals surface area (Å²) in [4.78, 5) is 25.2. The summed E-state index contributed by atoms with van der Waals surface area (Å²) in [7, 11) is 0. The zero-order chi connectivity index (χ0) is 23.7. The first kappa shape index (κ1) is 25.9. The van der Waals surface area contributed by atoms with Gasteiger partial charge in [-0.15, -0.1) is 0 Å². The van der Waals surface area contributed by atoms with Crippen LogP contribution in [-0.2, 0) is 4.79 Å². The van der Waals surface area contributed by atoms with Gasteiger partial charge in [-0.25, -0.2) is 5.43 Å². The highest BCUT2D eigenvalue weighted by molar-refractivity contribution is 14.1. The SMILES string of the molecule is CCOc1cc(/C=N/NC(=O)C(NC(=O)c2ccccc2Cl)C(C)C)cc(I)c1OCC. The van der Waals surface area contributed by atoms with Crippen LogP contribution in [0.5, 0.6) is 11.5 Å². The number of hydrogen-bond donors (Lipinski definition) is 2. The molecule has 2 N–H and O–H groups in total. The summed E-state index contributed by atoms with van der Waals surface area (Å²) < 4.78 is 12.2. The van der Waals surface area contributed by atoms with Crippen LogP contribution in [0.15, 0.2) is 41.5 Å². The molecule has 172 valence electrons. The first-order chi connectivity index (χ1) is 15.3. The van der Waals surface area contributed by atoms with Crippen LogP contribution in [-0.4, -0.2) is 37.3 Å². The molecular weight excluding hydrogens is 545 g/mol. The van der Waals surface area contributed by atoms with Crippen molar-refractivity contribution in [3.63, 3.8) is 0 Å². The van der Waals surface area contributed by atoms with Crippen molar-refractivity contribution in [2.45, 2.75) is 33.7 Å². The molecule has 0 radical (unpaired) electrons. The summed E-state index contributed by atoms with van der Waals surface area (Å²) in [5.41, 5.74) is 3.55. The van der Waals surface area contributed by atoms with Gasteiger partial charge in [-0.05, 0) is 72.2 Å². The topological polar surface area (TPSA) is 89.0 Å². The standard InChI is InChI=1S/C23H27ClIN3O4/c1-5-31-19-12-15(11-18(25)21(19)32-6-2)13-26-28-23(30)20(14(3)4)27-22(29)16-9-7-8-10-17(16)24/h7-14,20H,5-6H2,1-4H3,(H,27,29)(H,28,30)/b26-13+. The summed E-state index contributed by atoms with van der Waals surface area (Å²) in [6, 6.07) is 9.57. The number of hydrogen-bond acceptors (Lipinski definition) is 5. The van der Waals surface area contributed by atoms with Crippen molar-refractivity contribution in [3.05, 3.63) is 56.1 Å². The Balaban J connectivity index is 2.11. The van der Waals surface area contributed by atoms with Crippen LogP contribution in [0.3, 0.4) is 0 Å². The predicted molar refractivity (Wildman–Crippen MR) is 135 cm³/mol. The molecule has 2 amide bonds. The normalized spacial score (nSPS) is 12.0. The Kier molecular flexibility index (Phi) is 10.2. The van der Waals surface area contributed by atoms with Crippen LogP contribution in [0.4, 0.5) is 0 Å². The van der Waals surface area contributed by atoms with Gasteiger partial charge >= 0.3 is 0 Å². The van der Waals surface area contributed by atoms with Crippen LogP contribution in [0.25, 0.3) is 0 Å². The molecule has 1 unspecified atom stereocenters. The number of ether oxygens (including phenoxy) is 2. The lowest BCUT2D eigenvalue weighted by molar-refractivity contribution is -0.123. The minimum atomic E-state index is -0.782. The van der Waals surface area contributed by atoms with Gasteiger partial charge in [-0.2, -0.15) is 5.10 Å². The van der Waals surface area contributed by atoms with Gasteiger partial charge in [0.1, 0.15) is 6.04 Å². The maximum absolute atomic E-state index is 12.7. The van der Waals surface area contributed by atoms with Crippen molar-refractivity contribution in [1.82, 2.24) is 10.7 Å². The molecule has 0 aliphatic rings. The van der Waals surface area contributed by atoms with Gasteiger partial charge in [0.25, 0.3) is 11.8 Å². The third-order valence-corrected chi connectivity index (χ3v) is 5.49. The highest BCUT2D eigenvalue weighted by atomic mass is 127. The Bertz CT molecular complexity index is 982. The van der Waals surface area contributed by atoms with E-state index < -0.39 is 17.9 Å². The van der Waals surface area contributed by atoms with Crippen molar-refractivity contribution < 1.29 is 19.1 Å². The number of amides is 2. The molecule has 2 aromatic carbocycles. The Hall–Kier alpha value is -2.33. The molecule has 0 fully saturated rings. The molecule has 0 spiro atoms. The van der Waals surface area contributed by atoms with Gasteiger partial charge in [0, 0.05) is 0 Å². The van der Waals surface area contributed by atoms with E-state index in [1.165, 1.54) is 6.21 Å². The fraction of sp³-hybridized carbons (Fsp3) is 0.348. The molecule has 0 aliphatic heterocycles. The van der Waals surface area contributed by atoms with Crippen molar-refractivity contribution in [1.29, 1.82) is 0 Å². The Labute approximate surface area is 207 Å². The van der Waals surface area contributed by atoms with Crippen molar-refractivity contribution in [2.24, 2.45) is 11.0 Å². The molecule has 9 heteroatoms. The summed E-state index contributed by atoms with van der Waals surface area (Å²) >= 11 is 8.26. The maximum atomic E-state index is 12.7. The average molecular weight is 572 g/mol. The van der Waals surface area contributed by atoms with E-state index in [1.54, 1.807) is 30.3 Å². The molecule has 32 heavy (non-hydrogen) atoms. The van der Waals surface area contributed by atoms with Crippen LogP contribution < -0.4 is 20.2 Å². The quantitative estimate of drug-likeness (QED) is 0.247. The smallest absolute Gasteiger partial charge is 0.262 e. The lowest BCUT2D eigenvalue weighted by atomic mass is 10.0. The summed E-state index contributed by atoms with van der Waals surface area (Å²) in [5, 5.41) is 7.11. The number of benzene rings is 2. The van der Waals surface area contributed by atoms with E-state index in [1.807, 2.05) is 33.8 Å². The summed E-state index contributed by atoms with van der Waals surface area (Å²) in [6.07, 6.45) is 1.52. The van der Waals surface area contributed by atoms with E-state index in [0.717, 1.165) is 9.13 Å². The van der Waals surface area contributed by atoms with Crippen LogP contribution in [0.1, 0.15) is 43.6 Å². The number of nitrogens with zero attached hydrogens (tertiary/aromatic N) is 1. The lowest BCUT2D eigenvalue weighted by Crippen LogP contribution is -2.48. The lowest BCUT2D eigenvalue weighted by Gasteiger charge is -2.20. The van der Waals surface area contributed by atoms with E-state index in [0.29, 0.717) is 35.3 Å². The second kappa shape index (κ2) is 12.6. The van der Waals surface area contributed by atoms with E-state index in [4.69, 9.17) is 21.1 Å². The highest BCUT2D eigenvalue weighted by Gasteiger charge is 2.25. The fourth-order valence-corrected chi connectivity index (χ4v) is 3.85. The van der Waals surface area contributed by atoms with Crippen LogP contribution in [0.2, 0.25) is 5.02 Å². The maximum Gasteiger partial charge on any atom is 0.262 e. The largest absolute Gasteiger partial charge is 0.490 e. The second-order valence-electron chi connectivity index (χ2n) is 7.11. The minimum Gasteiger partial charge on any atom is -0.490 e. The molecule has 0 aliphatic carbocycles. The van der Waals surface area contributed by atoms with E-state index >= 15 is 0 Å². The third kappa shape index (κ3) is 7.09. The zero-order valence-electron chi connectivity index (χ0n) is 18.4. The first-order valence-electron chi connectivity index (χ1n) is 10.3. The molecule has 7 nitrogen and oxygen atoms in total. The number of hydrazone groups is 1.